The zero-order valence-corrected chi connectivity index (χ0v) is 14.9. The van der Waals surface area contributed by atoms with E-state index in [1.165, 1.54) is 0 Å². The Morgan fingerprint density at radius 2 is 1.88 bits per heavy atom. The average Bonchev–Trinajstić information content (AvgIpc) is 2.64. The van der Waals surface area contributed by atoms with Gasteiger partial charge in [0.2, 0.25) is 0 Å². The second-order valence-corrected chi connectivity index (χ2v) is 6.72. The molecule has 0 saturated carbocycles. The van der Waals surface area contributed by atoms with Crippen molar-refractivity contribution in [1.29, 1.82) is 0 Å². The van der Waals surface area contributed by atoms with E-state index in [0.717, 1.165) is 22.0 Å². The van der Waals surface area contributed by atoms with Crippen molar-refractivity contribution in [2.75, 3.05) is 0 Å². The molecule has 0 radical (unpaired) electrons. The van der Waals surface area contributed by atoms with Gasteiger partial charge in [-0.25, -0.2) is 5.48 Å². The topological polar surface area (TPSA) is 51.2 Å². The molecule has 1 heterocycles. The summed E-state index contributed by atoms with van der Waals surface area (Å²) in [5, 5.41) is 1.53. The first kappa shape index (κ1) is 17.4. The second-order valence-electron chi connectivity index (χ2n) is 6.31. The number of carbonyl (C=O) groups is 1. The molecule has 1 amide bonds. The molecule has 0 bridgehead atoms. The van der Waals surface area contributed by atoms with Crippen LogP contribution < -0.4 is 5.48 Å². The average molecular weight is 355 g/mol. The Kier molecular flexibility index (Phi) is 5.02. The molecule has 3 aromatic rings. The van der Waals surface area contributed by atoms with Gasteiger partial charge in [-0.1, -0.05) is 54.1 Å². The van der Waals surface area contributed by atoms with Crippen molar-refractivity contribution in [1.82, 2.24) is 10.5 Å². The highest BCUT2D eigenvalue weighted by atomic mass is 35.5. The molecule has 5 heteroatoms. The van der Waals surface area contributed by atoms with Gasteiger partial charge in [0, 0.05) is 22.2 Å². The summed E-state index contributed by atoms with van der Waals surface area (Å²) in [7, 11) is 0. The lowest BCUT2D eigenvalue weighted by atomic mass is 9.84. The molecule has 0 spiro atoms. The predicted molar refractivity (Wildman–Crippen MR) is 99.2 cm³/mol. The van der Waals surface area contributed by atoms with Gasteiger partial charge in [-0.15, -0.1) is 0 Å². The largest absolute Gasteiger partial charge is 0.272 e. The highest BCUT2D eigenvalue weighted by molar-refractivity contribution is 6.32. The third-order valence-electron chi connectivity index (χ3n) is 4.27. The van der Waals surface area contributed by atoms with Crippen LogP contribution in [0.4, 0.5) is 0 Å². The van der Waals surface area contributed by atoms with E-state index in [-0.39, 0.29) is 12.5 Å². The summed E-state index contributed by atoms with van der Waals surface area (Å²) in [6, 6.07) is 17.1. The minimum absolute atomic E-state index is 0.143. The van der Waals surface area contributed by atoms with Crippen LogP contribution in [0.5, 0.6) is 0 Å². The van der Waals surface area contributed by atoms with Gasteiger partial charge in [-0.3, -0.25) is 14.6 Å². The fraction of sp³-hybridized carbons (Fsp3) is 0.200. The number of carbonyl (C=O) groups excluding carboxylic acids is 1. The van der Waals surface area contributed by atoms with Crippen molar-refractivity contribution in [3.05, 3.63) is 76.9 Å². The summed E-state index contributed by atoms with van der Waals surface area (Å²) < 4.78 is 0. The molecule has 0 fully saturated rings. The van der Waals surface area contributed by atoms with E-state index < -0.39 is 5.41 Å². The summed E-state index contributed by atoms with van der Waals surface area (Å²) in [4.78, 5) is 22.3. The molecule has 0 aliphatic heterocycles. The SMILES string of the molecule is CC(C)(C(=O)NOCc1c(Cl)ccc2cccnc12)c1ccccc1. The van der Waals surface area contributed by atoms with Crippen LogP contribution in [0.3, 0.4) is 0 Å². The Bertz CT molecular complexity index is 895. The maximum absolute atomic E-state index is 12.5. The van der Waals surface area contributed by atoms with Crippen molar-refractivity contribution in [3.8, 4) is 0 Å². The zero-order valence-electron chi connectivity index (χ0n) is 14.1. The monoisotopic (exact) mass is 354 g/mol. The maximum atomic E-state index is 12.5. The Hall–Kier alpha value is -2.43. The quantitative estimate of drug-likeness (QED) is 0.690. The third-order valence-corrected chi connectivity index (χ3v) is 4.62. The van der Waals surface area contributed by atoms with Crippen molar-refractivity contribution in [2.45, 2.75) is 25.9 Å². The van der Waals surface area contributed by atoms with Gasteiger partial charge in [0.15, 0.2) is 0 Å². The molecule has 0 atom stereocenters. The van der Waals surface area contributed by atoms with Gasteiger partial charge in [-0.05, 0) is 31.5 Å². The van der Waals surface area contributed by atoms with Gasteiger partial charge in [-0.2, -0.15) is 0 Å². The van der Waals surface area contributed by atoms with E-state index >= 15 is 0 Å². The number of pyridine rings is 1. The van der Waals surface area contributed by atoms with Gasteiger partial charge in [0.1, 0.15) is 6.61 Å². The minimum atomic E-state index is -0.706. The number of benzene rings is 2. The molecule has 1 aromatic heterocycles. The number of fused-ring (bicyclic) bond motifs is 1. The molecule has 128 valence electrons. The number of aromatic nitrogens is 1. The first-order chi connectivity index (χ1) is 12.0. The normalized spacial score (nSPS) is 11.5. The fourth-order valence-electron chi connectivity index (χ4n) is 2.61. The molecule has 25 heavy (non-hydrogen) atoms. The summed E-state index contributed by atoms with van der Waals surface area (Å²) in [6.07, 6.45) is 1.71. The Balaban J connectivity index is 1.71. The summed E-state index contributed by atoms with van der Waals surface area (Å²) in [5.41, 5.74) is 4.27. The number of amides is 1. The minimum Gasteiger partial charge on any atom is -0.272 e. The molecule has 0 aliphatic carbocycles. The Morgan fingerprint density at radius 3 is 2.64 bits per heavy atom. The van der Waals surface area contributed by atoms with Crippen LogP contribution in [0.2, 0.25) is 5.02 Å². The van der Waals surface area contributed by atoms with Crippen LogP contribution in [0, 0.1) is 0 Å². The van der Waals surface area contributed by atoms with Crippen LogP contribution in [-0.2, 0) is 21.7 Å². The van der Waals surface area contributed by atoms with Crippen LogP contribution in [0.1, 0.15) is 25.0 Å². The highest BCUT2D eigenvalue weighted by Crippen LogP contribution is 2.26. The number of hydrogen-bond acceptors (Lipinski definition) is 3. The van der Waals surface area contributed by atoms with Gasteiger partial charge >= 0.3 is 0 Å². The molecule has 2 aromatic carbocycles. The van der Waals surface area contributed by atoms with Crippen molar-refractivity contribution in [2.24, 2.45) is 0 Å². The highest BCUT2D eigenvalue weighted by Gasteiger charge is 2.29. The molecule has 0 saturated heterocycles. The van der Waals surface area contributed by atoms with Crippen molar-refractivity contribution < 1.29 is 9.63 Å². The maximum Gasteiger partial charge on any atom is 0.253 e. The van der Waals surface area contributed by atoms with Crippen molar-refractivity contribution >= 4 is 28.4 Å². The van der Waals surface area contributed by atoms with E-state index in [1.807, 2.05) is 62.4 Å². The predicted octanol–water partition coefficient (Wildman–Crippen LogP) is 4.41. The van der Waals surface area contributed by atoms with E-state index in [2.05, 4.69) is 10.5 Å². The standard InChI is InChI=1S/C20H19ClN2O2/c1-20(2,15-8-4-3-5-9-15)19(24)23-25-13-16-17(21)11-10-14-7-6-12-22-18(14)16/h3-12H,13H2,1-2H3,(H,23,24). The summed E-state index contributed by atoms with van der Waals surface area (Å²) in [6.45, 7) is 3.85. The number of nitrogens with one attached hydrogen (secondary N) is 1. The van der Waals surface area contributed by atoms with E-state index in [9.17, 15) is 4.79 Å². The second kappa shape index (κ2) is 7.21. The molecular weight excluding hydrogens is 336 g/mol. The van der Waals surface area contributed by atoms with Crippen LogP contribution in [0.15, 0.2) is 60.8 Å². The van der Waals surface area contributed by atoms with Crippen LogP contribution >= 0.6 is 11.6 Å². The lowest BCUT2D eigenvalue weighted by Gasteiger charge is -2.23. The van der Waals surface area contributed by atoms with Crippen LogP contribution in [-0.4, -0.2) is 10.9 Å². The first-order valence-electron chi connectivity index (χ1n) is 8.00. The van der Waals surface area contributed by atoms with E-state index in [1.54, 1.807) is 12.3 Å². The third kappa shape index (κ3) is 3.65. The number of rotatable bonds is 5. The van der Waals surface area contributed by atoms with E-state index in [4.69, 9.17) is 16.4 Å². The number of nitrogens with zero attached hydrogens (tertiary/aromatic N) is 1. The summed E-state index contributed by atoms with van der Waals surface area (Å²) in [5.74, 6) is -0.219. The molecular formula is C20H19ClN2O2. The number of hydrogen-bond donors (Lipinski definition) is 1. The molecule has 3 rings (SSSR count). The fourth-order valence-corrected chi connectivity index (χ4v) is 2.81. The summed E-state index contributed by atoms with van der Waals surface area (Å²) >= 11 is 6.27. The first-order valence-corrected chi connectivity index (χ1v) is 8.38. The number of halogens is 1. The molecule has 1 N–H and O–H groups in total. The van der Waals surface area contributed by atoms with Gasteiger partial charge < -0.3 is 0 Å². The Labute approximate surface area is 151 Å². The van der Waals surface area contributed by atoms with E-state index in [0.29, 0.717) is 5.02 Å². The lowest BCUT2D eigenvalue weighted by molar-refractivity contribution is -0.139. The lowest BCUT2D eigenvalue weighted by Crippen LogP contribution is -2.40. The van der Waals surface area contributed by atoms with Crippen LogP contribution in [0.25, 0.3) is 10.9 Å². The molecule has 0 aliphatic rings. The number of hydroxylamine groups is 1. The van der Waals surface area contributed by atoms with Gasteiger partial charge in [0.25, 0.3) is 5.91 Å². The molecule has 4 nitrogen and oxygen atoms in total. The Morgan fingerprint density at radius 1 is 1.12 bits per heavy atom. The van der Waals surface area contributed by atoms with Gasteiger partial charge in [0.05, 0.1) is 10.9 Å². The van der Waals surface area contributed by atoms with Crippen molar-refractivity contribution in [3.63, 3.8) is 0 Å². The molecule has 0 unspecified atom stereocenters. The smallest absolute Gasteiger partial charge is 0.253 e. The zero-order chi connectivity index (χ0) is 17.9.